The van der Waals surface area contributed by atoms with Gasteiger partial charge in [0, 0.05) is 49.3 Å². The third-order valence-electron chi connectivity index (χ3n) is 5.40. The van der Waals surface area contributed by atoms with E-state index >= 15 is 0 Å². The van der Waals surface area contributed by atoms with Gasteiger partial charge >= 0.3 is 0 Å². The molecule has 0 radical (unpaired) electrons. The van der Waals surface area contributed by atoms with Gasteiger partial charge in [-0.1, -0.05) is 11.6 Å². The fraction of sp³-hybridized carbons (Fsp3) is 0.526. The van der Waals surface area contributed by atoms with Crippen LogP contribution >= 0.6 is 11.6 Å². The van der Waals surface area contributed by atoms with Gasteiger partial charge in [0.2, 0.25) is 16.0 Å². The zero-order valence-corrected chi connectivity index (χ0v) is 19.3. The number of hydrogen-bond donors (Lipinski definition) is 1. The van der Waals surface area contributed by atoms with Gasteiger partial charge in [-0.15, -0.1) is 5.10 Å². The molecule has 1 N–H and O–H groups in total. The average molecular weight is 468 g/mol. The second-order valence-corrected chi connectivity index (χ2v) is 9.95. The largest absolute Gasteiger partial charge is 0.357 e. The van der Waals surface area contributed by atoms with Gasteiger partial charge in [0.1, 0.15) is 6.23 Å². The maximum atomic E-state index is 11.7. The molecule has 3 aromatic heterocycles. The number of piperidine rings is 1. The summed E-state index contributed by atoms with van der Waals surface area (Å²) >= 11 is 6.66. The van der Waals surface area contributed by atoms with Gasteiger partial charge in [-0.2, -0.15) is 10.1 Å². The Morgan fingerprint density at radius 3 is 2.77 bits per heavy atom. The number of ether oxygens (including phenoxy) is 1. The van der Waals surface area contributed by atoms with Crippen molar-refractivity contribution in [2.75, 3.05) is 31.3 Å². The zero-order valence-electron chi connectivity index (χ0n) is 17.7. The van der Waals surface area contributed by atoms with Crippen molar-refractivity contribution in [2.24, 2.45) is 0 Å². The number of aromatic nitrogens is 5. The first-order chi connectivity index (χ1) is 14.8. The normalized spacial score (nSPS) is 17.3. The molecule has 1 aliphatic heterocycles. The molecule has 1 aliphatic rings. The fourth-order valence-electron chi connectivity index (χ4n) is 3.71. The predicted octanol–water partition coefficient (Wildman–Crippen LogP) is 2.64. The number of nitrogens with one attached hydrogen (secondary N) is 1. The lowest BCUT2D eigenvalue weighted by atomic mass is 10.1. The summed E-state index contributed by atoms with van der Waals surface area (Å²) in [5, 5.41) is 12.6. The van der Waals surface area contributed by atoms with Gasteiger partial charge in [0.15, 0.2) is 5.65 Å². The van der Waals surface area contributed by atoms with E-state index in [0.717, 1.165) is 11.1 Å². The third kappa shape index (κ3) is 4.69. The summed E-state index contributed by atoms with van der Waals surface area (Å²) in [5.41, 5.74) is 2.22. The number of nitrogens with zero attached hydrogens (tertiary/aromatic N) is 6. The standard InChI is InChI=1S/C19H26ClN7O3S/c1-4-30-13(2)27-12-14(11-21-27)16-7-10-26-18(17(16)20)23-19(24-26)22-15-5-8-25(9-6-15)31(3,28)29/h7,10-13,15H,4-6,8-9H2,1-3H3,(H,22,24). The number of fused-ring (bicyclic) bond motifs is 1. The molecular formula is C19H26ClN7O3S. The lowest BCUT2D eigenvalue weighted by Crippen LogP contribution is -2.41. The maximum absolute atomic E-state index is 11.7. The minimum atomic E-state index is -3.15. The van der Waals surface area contributed by atoms with Crippen molar-refractivity contribution in [3.63, 3.8) is 0 Å². The quantitative estimate of drug-likeness (QED) is 0.569. The maximum Gasteiger partial charge on any atom is 0.243 e. The Morgan fingerprint density at radius 1 is 1.35 bits per heavy atom. The van der Waals surface area contributed by atoms with Gasteiger partial charge in [0.05, 0.1) is 17.5 Å². The van der Waals surface area contributed by atoms with E-state index in [-0.39, 0.29) is 12.3 Å². The Kier molecular flexibility index (Phi) is 6.20. The minimum absolute atomic E-state index is 0.104. The summed E-state index contributed by atoms with van der Waals surface area (Å²) in [7, 11) is -3.15. The van der Waals surface area contributed by atoms with Crippen LogP contribution in [0, 0.1) is 0 Å². The third-order valence-corrected chi connectivity index (χ3v) is 7.07. The monoisotopic (exact) mass is 467 g/mol. The van der Waals surface area contributed by atoms with E-state index in [2.05, 4.69) is 20.5 Å². The molecule has 4 heterocycles. The van der Waals surface area contributed by atoms with E-state index in [0.29, 0.717) is 49.2 Å². The van der Waals surface area contributed by atoms with Gasteiger partial charge in [-0.3, -0.25) is 0 Å². The smallest absolute Gasteiger partial charge is 0.243 e. The van der Waals surface area contributed by atoms with Gasteiger partial charge < -0.3 is 10.1 Å². The Morgan fingerprint density at radius 2 is 2.10 bits per heavy atom. The van der Waals surface area contributed by atoms with E-state index in [1.165, 1.54) is 10.6 Å². The van der Waals surface area contributed by atoms with Crippen molar-refractivity contribution in [3.05, 3.63) is 29.7 Å². The number of halogens is 1. The highest BCUT2D eigenvalue weighted by molar-refractivity contribution is 7.88. The number of pyridine rings is 1. The van der Waals surface area contributed by atoms with Crippen molar-refractivity contribution in [3.8, 4) is 11.1 Å². The summed E-state index contributed by atoms with van der Waals surface area (Å²) in [6, 6.07) is 1.98. The van der Waals surface area contributed by atoms with Crippen LogP contribution in [0.1, 0.15) is 32.9 Å². The van der Waals surface area contributed by atoms with Crippen molar-refractivity contribution >= 4 is 33.2 Å². The lowest BCUT2D eigenvalue weighted by molar-refractivity contribution is 0.0160. The highest BCUT2D eigenvalue weighted by atomic mass is 35.5. The van der Waals surface area contributed by atoms with Crippen LogP contribution in [0.15, 0.2) is 24.7 Å². The molecule has 1 atom stereocenters. The molecule has 4 rings (SSSR count). The van der Waals surface area contributed by atoms with Crippen LogP contribution in [-0.4, -0.2) is 69.1 Å². The first-order valence-corrected chi connectivity index (χ1v) is 12.4. The Balaban J connectivity index is 1.51. The second kappa shape index (κ2) is 8.73. The molecule has 0 saturated carbocycles. The molecule has 0 bridgehead atoms. The first kappa shape index (κ1) is 22.0. The van der Waals surface area contributed by atoms with Crippen molar-refractivity contribution in [2.45, 2.75) is 39.0 Å². The van der Waals surface area contributed by atoms with Crippen LogP contribution in [0.3, 0.4) is 0 Å². The molecule has 31 heavy (non-hydrogen) atoms. The predicted molar refractivity (Wildman–Crippen MR) is 119 cm³/mol. The molecule has 168 valence electrons. The highest BCUT2D eigenvalue weighted by Gasteiger charge is 2.25. The van der Waals surface area contributed by atoms with E-state index in [9.17, 15) is 8.42 Å². The van der Waals surface area contributed by atoms with Crippen molar-refractivity contribution in [1.29, 1.82) is 0 Å². The average Bonchev–Trinajstić information content (AvgIpc) is 3.36. The van der Waals surface area contributed by atoms with Crippen LogP contribution in [-0.2, 0) is 14.8 Å². The molecular weight excluding hydrogens is 442 g/mol. The summed E-state index contributed by atoms with van der Waals surface area (Å²) < 4.78 is 33.8. The Hall–Kier alpha value is -2.21. The van der Waals surface area contributed by atoms with Crippen LogP contribution < -0.4 is 5.32 Å². The van der Waals surface area contributed by atoms with Crippen LogP contribution in [0.4, 0.5) is 5.95 Å². The van der Waals surface area contributed by atoms with E-state index in [4.69, 9.17) is 16.3 Å². The number of sulfonamides is 1. The first-order valence-electron chi connectivity index (χ1n) is 10.2. The van der Waals surface area contributed by atoms with Crippen LogP contribution in [0.2, 0.25) is 5.02 Å². The topological polar surface area (TPSA) is 107 Å². The molecule has 0 aliphatic carbocycles. The van der Waals surface area contributed by atoms with Crippen LogP contribution in [0.5, 0.6) is 0 Å². The minimum Gasteiger partial charge on any atom is -0.357 e. The molecule has 1 saturated heterocycles. The highest BCUT2D eigenvalue weighted by Crippen LogP contribution is 2.31. The molecule has 1 fully saturated rings. The van der Waals surface area contributed by atoms with E-state index in [1.807, 2.05) is 32.3 Å². The molecule has 1 unspecified atom stereocenters. The Bertz CT molecular complexity index is 1170. The molecule has 10 nitrogen and oxygen atoms in total. The Labute approximate surface area is 186 Å². The fourth-order valence-corrected chi connectivity index (χ4v) is 4.88. The molecule has 12 heteroatoms. The van der Waals surface area contributed by atoms with Gasteiger partial charge in [-0.05, 0) is 32.8 Å². The second-order valence-electron chi connectivity index (χ2n) is 7.59. The summed E-state index contributed by atoms with van der Waals surface area (Å²) in [6.45, 7) is 5.45. The van der Waals surface area contributed by atoms with Crippen molar-refractivity contribution < 1.29 is 13.2 Å². The van der Waals surface area contributed by atoms with Crippen LogP contribution in [0.25, 0.3) is 16.8 Å². The SMILES string of the molecule is CCOC(C)n1cc(-c2ccn3nc(NC4CCN(S(C)(=O)=O)CC4)nc3c2Cl)cn1. The van der Waals surface area contributed by atoms with Gasteiger partial charge in [0.25, 0.3) is 0 Å². The molecule has 0 spiro atoms. The number of rotatable bonds is 7. The molecule has 0 aromatic carbocycles. The molecule has 0 amide bonds. The van der Waals surface area contributed by atoms with Crippen molar-refractivity contribution in [1.82, 2.24) is 28.7 Å². The number of anilines is 1. The summed E-state index contributed by atoms with van der Waals surface area (Å²) in [6.07, 6.45) is 7.91. The summed E-state index contributed by atoms with van der Waals surface area (Å²) in [4.78, 5) is 4.56. The lowest BCUT2D eigenvalue weighted by Gasteiger charge is -2.30. The summed E-state index contributed by atoms with van der Waals surface area (Å²) in [5.74, 6) is 0.470. The zero-order chi connectivity index (χ0) is 22.2. The van der Waals surface area contributed by atoms with E-state index in [1.54, 1.807) is 15.4 Å². The van der Waals surface area contributed by atoms with E-state index < -0.39 is 10.0 Å². The number of hydrogen-bond acceptors (Lipinski definition) is 7. The molecule has 3 aromatic rings. The van der Waals surface area contributed by atoms with Gasteiger partial charge in [-0.25, -0.2) is 21.9 Å².